The number of carbonyl (C=O) groups is 1. The highest BCUT2D eigenvalue weighted by atomic mass is 35.5. The normalized spacial score (nSPS) is 10.7. The second-order valence-electron chi connectivity index (χ2n) is 6.22. The number of nitrogens with one attached hydrogen (secondary N) is 1. The zero-order valence-corrected chi connectivity index (χ0v) is 16.0. The van der Waals surface area contributed by atoms with Crippen molar-refractivity contribution in [3.8, 4) is 5.75 Å². The average Bonchev–Trinajstić information content (AvgIpc) is 3.37. The van der Waals surface area contributed by atoms with Crippen LogP contribution in [0.25, 0.3) is 0 Å². The highest BCUT2D eigenvalue weighted by molar-refractivity contribution is 6.30. The minimum absolute atomic E-state index is 0.147. The summed E-state index contributed by atoms with van der Waals surface area (Å²) in [7, 11) is 0. The molecular weight excluding hydrogens is 392 g/mol. The van der Waals surface area contributed by atoms with Crippen molar-refractivity contribution in [1.29, 1.82) is 0 Å². The van der Waals surface area contributed by atoms with Gasteiger partial charge in [-0.3, -0.25) is 10.1 Å². The van der Waals surface area contributed by atoms with Crippen LogP contribution in [0, 0.1) is 0 Å². The van der Waals surface area contributed by atoms with Crippen molar-refractivity contribution in [1.82, 2.24) is 14.8 Å². The molecule has 0 saturated heterocycles. The van der Waals surface area contributed by atoms with E-state index in [-0.39, 0.29) is 18.3 Å². The van der Waals surface area contributed by atoms with Crippen LogP contribution in [-0.2, 0) is 13.2 Å². The first-order valence-electron chi connectivity index (χ1n) is 8.87. The quantitative estimate of drug-likeness (QED) is 0.490. The van der Waals surface area contributed by atoms with Gasteiger partial charge in [0.15, 0.2) is 5.76 Å². The van der Waals surface area contributed by atoms with Crippen molar-refractivity contribution in [2.24, 2.45) is 0 Å². The van der Waals surface area contributed by atoms with Gasteiger partial charge in [-0.2, -0.15) is 0 Å². The maximum Gasteiger partial charge on any atom is 0.293 e. The Balaban J connectivity index is 1.33. The highest BCUT2D eigenvalue weighted by Crippen LogP contribution is 2.19. The molecule has 1 amide bonds. The van der Waals surface area contributed by atoms with Crippen LogP contribution in [0.5, 0.6) is 5.75 Å². The van der Waals surface area contributed by atoms with E-state index < -0.39 is 5.91 Å². The lowest BCUT2D eigenvalue weighted by Crippen LogP contribution is -2.12. The zero-order valence-electron chi connectivity index (χ0n) is 15.3. The highest BCUT2D eigenvalue weighted by Gasteiger charge is 2.14. The molecule has 29 heavy (non-hydrogen) atoms. The van der Waals surface area contributed by atoms with Gasteiger partial charge in [0.1, 0.15) is 24.4 Å². The molecular formula is C21H17ClN4O3. The van der Waals surface area contributed by atoms with E-state index in [0.717, 1.165) is 5.56 Å². The monoisotopic (exact) mass is 408 g/mol. The molecule has 0 aliphatic heterocycles. The van der Waals surface area contributed by atoms with Gasteiger partial charge in [0.25, 0.3) is 5.91 Å². The van der Waals surface area contributed by atoms with Gasteiger partial charge >= 0.3 is 0 Å². The Hall–Kier alpha value is -3.58. The Morgan fingerprint density at radius 1 is 1.10 bits per heavy atom. The number of hydrogen-bond donors (Lipinski definition) is 1. The molecule has 0 saturated carbocycles. The number of halogens is 1. The minimum Gasteiger partial charge on any atom is -0.486 e. The van der Waals surface area contributed by atoms with Crippen molar-refractivity contribution in [2.45, 2.75) is 13.2 Å². The average molecular weight is 409 g/mol. The molecule has 2 aromatic carbocycles. The number of anilines is 1. The minimum atomic E-state index is -0.434. The molecule has 2 heterocycles. The third-order valence-electron chi connectivity index (χ3n) is 4.01. The number of aromatic nitrogens is 3. The van der Waals surface area contributed by atoms with Crippen molar-refractivity contribution >= 4 is 23.5 Å². The standard InChI is InChI=1S/C21H17ClN4O3/c22-16-7-4-8-17(11-16)28-13-18-9-10-19(29-18)20(27)24-21-23-14-26(25-21)12-15-5-2-1-3-6-15/h1-11,14H,12-13H2,(H,24,25,27). The van der Waals surface area contributed by atoms with Gasteiger partial charge in [-0.1, -0.05) is 48.0 Å². The molecule has 0 bridgehead atoms. The lowest BCUT2D eigenvalue weighted by Gasteiger charge is -2.04. The summed E-state index contributed by atoms with van der Waals surface area (Å²) >= 11 is 5.93. The van der Waals surface area contributed by atoms with E-state index >= 15 is 0 Å². The Morgan fingerprint density at radius 2 is 1.97 bits per heavy atom. The maximum absolute atomic E-state index is 12.4. The van der Waals surface area contributed by atoms with Gasteiger partial charge in [-0.05, 0) is 35.9 Å². The summed E-state index contributed by atoms with van der Waals surface area (Å²) in [5, 5.41) is 7.47. The van der Waals surface area contributed by atoms with Crippen LogP contribution in [0.2, 0.25) is 5.02 Å². The number of ether oxygens (including phenoxy) is 1. The Kier molecular flexibility index (Phi) is 5.58. The fourth-order valence-electron chi connectivity index (χ4n) is 2.65. The summed E-state index contributed by atoms with van der Waals surface area (Å²) in [6.07, 6.45) is 1.56. The van der Waals surface area contributed by atoms with Crippen LogP contribution in [-0.4, -0.2) is 20.7 Å². The van der Waals surface area contributed by atoms with E-state index in [1.165, 1.54) is 0 Å². The van der Waals surface area contributed by atoms with Crippen LogP contribution < -0.4 is 10.1 Å². The molecule has 2 aromatic heterocycles. The second kappa shape index (κ2) is 8.62. The first-order valence-corrected chi connectivity index (χ1v) is 9.25. The summed E-state index contributed by atoms with van der Waals surface area (Å²) < 4.78 is 12.8. The lowest BCUT2D eigenvalue weighted by atomic mass is 10.2. The third kappa shape index (κ3) is 5.03. The van der Waals surface area contributed by atoms with Crippen LogP contribution in [0.4, 0.5) is 5.95 Å². The number of nitrogens with zero attached hydrogens (tertiary/aromatic N) is 3. The summed E-state index contributed by atoms with van der Waals surface area (Å²) in [4.78, 5) is 16.5. The fourth-order valence-corrected chi connectivity index (χ4v) is 2.83. The maximum atomic E-state index is 12.4. The topological polar surface area (TPSA) is 82.2 Å². The summed E-state index contributed by atoms with van der Waals surface area (Å²) in [5.74, 6) is 1.05. The number of benzene rings is 2. The van der Waals surface area contributed by atoms with Gasteiger partial charge in [0, 0.05) is 5.02 Å². The van der Waals surface area contributed by atoms with Crippen LogP contribution >= 0.6 is 11.6 Å². The SMILES string of the molecule is O=C(Nc1ncn(Cc2ccccc2)n1)c1ccc(COc2cccc(Cl)c2)o1. The van der Waals surface area contributed by atoms with E-state index in [1.807, 2.05) is 30.3 Å². The molecule has 4 aromatic rings. The molecule has 0 aliphatic carbocycles. The molecule has 146 valence electrons. The van der Waals surface area contributed by atoms with Gasteiger partial charge in [-0.25, -0.2) is 9.67 Å². The molecule has 4 rings (SSSR count). The summed E-state index contributed by atoms with van der Waals surface area (Å²) in [6.45, 7) is 0.743. The number of amides is 1. The van der Waals surface area contributed by atoms with Crippen molar-refractivity contribution in [2.75, 3.05) is 5.32 Å². The fraction of sp³-hybridized carbons (Fsp3) is 0.0952. The van der Waals surface area contributed by atoms with Gasteiger partial charge in [0.2, 0.25) is 5.95 Å². The Labute approximate surface area is 171 Å². The second-order valence-corrected chi connectivity index (χ2v) is 6.65. The van der Waals surface area contributed by atoms with E-state index in [2.05, 4.69) is 15.4 Å². The van der Waals surface area contributed by atoms with Crippen LogP contribution in [0.1, 0.15) is 21.9 Å². The number of rotatable bonds is 7. The number of furan rings is 1. The van der Waals surface area contributed by atoms with Crippen LogP contribution in [0.3, 0.4) is 0 Å². The molecule has 0 atom stereocenters. The first kappa shape index (κ1) is 18.8. The van der Waals surface area contributed by atoms with Crippen molar-refractivity contribution < 1.29 is 13.9 Å². The van der Waals surface area contributed by atoms with Gasteiger partial charge < -0.3 is 9.15 Å². The zero-order chi connectivity index (χ0) is 20.1. The lowest BCUT2D eigenvalue weighted by molar-refractivity contribution is 0.0991. The van der Waals surface area contributed by atoms with E-state index in [0.29, 0.717) is 23.1 Å². The van der Waals surface area contributed by atoms with Gasteiger partial charge in [0.05, 0.1) is 6.54 Å². The van der Waals surface area contributed by atoms with Crippen LogP contribution in [0.15, 0.2) is 77.5 Å². The van der Waals surface area contributed by atoms with E-state index in [9.17, 15) is 4.79 Å². The molecule has 1 N–H and O–H groups in total. The van der Waals surface area contributed by atoms with E-state index in [1.54, 1.807) is 47.4 Å². The summed E-state index contributed by atoms with van der Waals surface area (Å²) in [6, 6.07) is 20.2. The largest absolute Gasteiger partial charge is 0.486 e. The molecule has 7 nitrogen and oxygen atoms in total. The predicted octanol–water partition coefficient (Wildman–Crippen LogP) is 4.40. The molecule has 0 radical (unpaired) electrons. The molecule has 0 unspecified atom stereocenters. The van der Waals surface area contributed by atoms with E-state index in [4.69, 9.17) is 20.8 Å². The molecule has 8 heteroatoms. The van der Waals surface area contributed by atoms with Gasteiger partial charge in [-0.15, -0.1) is 5.10 Å². The number of hydrogen-bond acceptors (Lipinski definition) is 5. The van der Waals surface area contributed by atoms with Crippen molar-refractivity contribution in [3.63, 3.8) is 0 Å². The summed E-state index contributed by atoms with van der Waals surface area (Å²) in [5.41, 5.74) is 1.09. The molecule has 0 spiro atoms. The predicted molar refractivity (Wildman–Crippen MR) is 108 cm³/mol. The smallest absolute Gasteiger partial charge is 0.293 e. The van der Waals surface area contributed by atoms with Crippen molar-refractivity contribution in [3.05, 3.63) is 95.2 Å². The molecule has 0 aliphatic rings. The Morgan fingerprint density at radius 3 is 2.79 bits per heavy atom. The third-order valence-corrected chi connectivity index (χ3v) is 4.25. The first-order chi connectivity index (χ1) is 14.2. The molecule has 0 fully saturated rings. The number of carbonyl (C=O) groups excluding carboxylic acids is 1. The Bertz CT molecular complexity index is 1110.